The zero-order valence-electron chi connectivity index (χ0n) is 20.5. The van der Waals surface area contributed by atoms with E-state index < -0.39 is 29.8 Å². The summed E-state index contributed by atoms with van der Waals surface area (Å²) in [5, 5.41) is 9.29. The molecule has 0 bridgehead atoms. The molecule has 1 aliphatic rings. The van der Waals surface area contributed by atoms with Crippen molar-refractivity contribution in [1.82, 2.24) is 19.8 Å². The number of likely N-dealkylation sites (tertiary alicyclic amines) is 1. The SMILES string of the molecule is Cc1nc(C2CCN(C(=O)OC(C)(C)C)CC2)ncc1C(=O)N(CC(=O)O)Cc1ccc(F)cc1. The van der Waals surface area contributed by atoms with Gasteiger partial charge in [-0.3, -0.25) is 9.59 Å². The molecule has 1 saturated heterocycles. The summed E-state index contributed by atoms with van der Waals surface area (Å²) in [7, 11) is 0. The van der Waals surface area contributed by atoms with E-state index in [1.807, 2.05) is 20.8 Å². The van der Waals surface area contributed by atoms with Gasteiger partial charge in [0.15, 0.2) is 0 Å². The van der Waals surface area contributed by atoms with E-state index in [1.165, 1.54) is 35.4 Å². The average molecular weight is 487 g/mol. The average Bonchev–Trinajstić information content (AvgIpc) is 2.78. The number of benzene rings is 1. The summed E-state index contributed by atoms with van der Waals surface area (Å²) >= 11 is 0. The van der Waals surface area contributed by atoms with E-state index in [0.29, 0.717) is 43.0 Å². The lowest BCUT2D eigenvalue weighted by atomic mass is 9.96. The Balaban J connectivity index is 1.69. The number of nitrogens with zero attached hydrogens (tertiary/aromatic N) is 4. The minimum absolute atomic E-state index is 0.00965. The van der Waals surface area contributed by atoms with E-state index in [9.17, 15) is 23.9 Å². The van der Waals surface area contributed by atoms with Crippen molar-refractivity contribution in [1.29, 1.82) is 0 Å². The molecular weight excluding hydrogens is 455 g/mol. The first-order chi connectivity index (χ1) is 16.4. The maximum atomic E-state index is 13.2. The van der Waals surface area contributed by atoms with Crippen molar-refractivity contribution in [3.8, 4) is 0 Å². The van der Waals surface area contributed by atoms with Crippen LogP contribution in [-0.2, 0) is 16.1 Å². The molecule has 10 heteroatoms. The molecule has 0 atom stereocenters. The molecule has 0 saturated carbocycles. The number of rotatable bonds is 6. The summed E-state index contributed by atoms with van der Waals surface area (Å²) in [6.45, 7) is 7.71. The Kier molecular flexibility index (Phi) is 8.03. The van der Waals surface area contributed by atoms with E-state index in [1.54, 1.807) is 11.8 Å². The van der Waals surface area contributed by atoms with E-state index >= 15 is 0 Å². The van der Waals surface area contributed by atoms with Crippen LogP contribution in [0.5, 0.6) is 0 Å². The first-order valence-corrected chi connectivity index (χ1v) is 11.5. The van der Waals surface area contributed by atoms with Crippen molar-refractivity contribution in [3.05, 3.63) is 58.9 Å². The van der Waals surface area contributed by atoms with Crippen LogP contribution >= 0.6 is 0 Å². The highest BCUT2D eigenvalue weighted by molar-refractivity contribution is 5.96. The maximum Gasteiger partial charge on any atom is 0.410 e. The normalized spacial score (nSPS) is 14.5. The first-order valence-electron chi connectivity index (χ1n) is 11.5. The van der Waals surface area contributed by atoms with Crippen molar-refractivity contribution < 1.29 is 28.6 Å². The van der Waals surface area contributed by atoms with Gasteiger partial charge in [0.1, 0.15) is 23.8 Å². The molecule has 1 N–H and O–H groups in total. The van der Waals surface area contributed by atoms with Gasteiger partial charge in [-0.2, -0.15) is 0 Å². The van der Waals surface area contributed by atoms with Crippen LogP contribution in [0.3, 0.4) is 0 Å². The quantitative estimate of drug-likeness (QED) is 0.661. The lowest BCUT2D eigenvalue weighted by molar-refractivity contribution is -0.137. The first kappa shape index (κ1) is 26.1. The molecule has 0 spiro atoms. The van der Waals surface area contributed by atoms with Crippen LogP contribution in [0.2, 0.25) is 0 Å². The Morgan fingerprint density at radius 3 is 2.34 bits per heavy atom. The van der Waals surface area contributed by atoms with E-state index in [0.717, 1.165) is 0 Å². The molecule has 188 valence electrons. The maximum absolute atomic E-state index is 13.2. The third-order valence-electron chi connectivity index (χ3n) is 5.64. The van der Waals surface area contributed by atoms with Crippen LogP contribution in [0.1, 0.15) is 67.0 Å². The number of ether oxygens (including phenoxy) is 1. The third-order valence-corrected chi connectivity index (χ3v) is 5.64. The fourth-order valence-corrected chi connectivity index (χ4v) is 3.88. The Labute approximate surface area is 203 Å². The fourth-order valence-electron chi connectivity index (χ4n) is 3.88. The second-order valence-electron chi connectivity index (χ2n) is 9.65. The fraction of sp³-hybridized carbons (Fsp3) is 0.480. The van der Waals surface area contributed by atoms with Gasteiger partial charge >= 0.3 is 12.1 Å². The van der Waals surface area contributed by atoms with Crippen LogP contribution in [0.25, 0.3) is 0 Å². The summed E-state index contributed by atoms with van der Waals surface area (Å²) < 4.78 is 18.6. The van der Waals surface area contributed by atoms with Crippen molar-refractivity contribution in [2.75, 3.05) is 19.6 Å². The van der Waals surface area contributed by atoms with E-state index in [4.69, 9.17) is 4.74 Å². The predicted octanol–water partition coefficient (Wildman–Crippen LogP) is 3.77. The zero-order valence-corrected chi connectivity index (χ0v) is 20.5. The van der Waals surface area contributed by atoms with E-state index in [2.05, 4.69) is 9.97 Å². The van der Waals surface area contributed by atoms with Crippen LogP contribution in [0.15, 0.2) is 30.5 Å². The zero-order chi connectivity index (χ0) is 25.8. The molecule has 2 aromatic rings. The number of aromatic nitrogens is 2. The molecule has 35 heavy (non-hydrogen) atoms. The summed E-state index contributed by atoms with van der Waals surface area (Å²) in [4.78, 5) is 48.6. The van der Waals surface area contributed by atoms with Crippen LogP contribution in [0.4, 0.5) is 9.18 Å². The van der Waals surface area contributed by atoms with Crippen molar-refractivity contribution >= 4 is 18.0 Å². The molecule has 1 aliphatic heterocycles. The summed E-state index contributed by atoms with van der Waals surface area (Å²) in [5.74, 6) is -1.47. The van der Waals surface area contributed by atoms with Crippen LogP contribution in [0, 0.1) is 12.7 Å². The summed E-state index contributed by atoms with van der Waals surface area (Å²) in [6.07, 6.45) is 2.43. The van der Waals surface area contributed by atoms with E-state index in [-0.39, 0.29) is 24.1 Å². The van der Waals surface area contributed by atoms with Crippen molar-refractivity contribution in [2.45, 2.75) is 58.6 Å². The Bertz CT molecular complexity index is 1080. The minimum Gasteiger partial charge on any atom is -0.480 e. The highest BCUT2D eigenvalue weighted by Gasteiger charge is 2.29. The number of carbonyl (C=O) groups excluding carboxylic acids is 2. The Morgan fingerprint density at radius 1 is 1.17 bits per heavy atom. The number of hydrogen-bond acceptors (Lipinski definition) is 6. The van der Waals surface area contributed by atoms with Crippen molar-refractivity contribution in [3.63, 3.8) is 0 Å². The molecule has 1 fully saturated rings. The lowest BCUT2D eigenvalue weighted by Gasteiger charge is -2.33. The van der Waals surface area contributed by atoms with Gasteiger partial charge in [-0.05, 0) is 58.2 Å². The number of hydrogen-bond donors (Lipinski definition) is 1. The molecule has 0 aliphatic carbocycles. The van der Waals surface area contributed by atoms with Gasteiger partial charge in [0.05, 0.1) is 11.3 Å². The molecule has 0 unspecified atom stereocenters. The predicted molar refractivity (Wildman–Crippen MR) is 125 cm³/mol. The third kappa shape index (κ3) is 7.21. The Morgan fingerprint density at radius 2 is 1.80 bits per heavy atom. The van der Waals surface area contributed by atoms with Gasteiger partial charge in [-0.1, -0.05) is 12.1 Å². The Hall–Kier alpha value is -3.56. The monoisotopic (exact) mass is 486 g/mol. The van der Waals surface area contributed by atoms with Crippen LogP contribution < -0.4 is 0 Å². The molecule has 2 amide bonds. The number of aliphatic carboxylic acids is 1. The second kappa shape index (κ2) is 10.8. The largest absolute Gasteiger partial charge is 0.480 e. The molecule has 2 heterocycles. The number of halogens is 1. The van der Waals surface area contributed by atoms with Crippen LogP contribution in [-0.4, -0.2) is 68.1 Å². The standard InChI is InChI=1S/C25H31FN4O5/c1-16-20(23(33)30(15-21(31)32)14-17-5-7-19(26)8-6-17)13-27-22(28-16)18-9-11-29(12-10-18)24(34)35-25(2,3)4/h5-8,13,18H,9-12,14-15H2,1-4H3,(H,31,32). The highest BCUT2D eigenvalue weighted by atomic mass is 19.1. The van der Waals surface area contributed by atoms with Gasteiger partial charge in [0.2, 0.25) is 0 Å². The molecular formula is C25H31FN4O5. The number of piperidine rings is 1. The molecule has 3 rings (SSSR count). The smallest absolute Gasteiger partial charge is 0.410 e. The van der Waals surface area contributed by atoms with Gasteiger partial charge in [-0.25, -0.2) is 19.2 Å². The summed E-state index contributed by atoms with van der Waals surface area (Å²) in [6, 6.07) is 5.53. The number of aryl methyl sites for hydroxylation is 1. The topological polar surface area (TPSA) is 113 Å². The number of amides is 2. The number of carboxylic acids is 1. The van der Waals surface area contributed by atoms with Gasteiger partial charge in [0.25, 0.3) is 5.91 Å². The number of carboxylic acid groups (broad SMARTS) is 1. The molecule has 0 radical (unpaired) electrons. The minimum atomic E-state index is -1.16. The van der Waals surface area contributed by atoms with Gasteiger partial charge < -0.3 is 19.6 Å². The molecule has 1 aromatic carbocycles. The van der Waals surface area contributed by atoms with Gasteiger partial charge in [0, 0.05) is 31.7 Å². The van der Waals surface area contributed by atoms with Gasteiger partial charge in [-0.15, -0.1) is 0 Å². The molecule has 1 aromatic heterocycles. The highest BCUT2D eigenvalue weighted by Crippen LogP contribution is 2.27. The molecule has 9 nitrogen and oxygen atoms in total. The lowest BCUT2D eigenvalue weighted by Crippen LogP contribution is -2.41. The summed E-state index contributed by atoms with van der Waals surface area (Å²) in [5.41, 5.74) is 0.710. The number of carbonyl (C=O) groups is 3. The van der Waals surface area contributed by atoms with Crippen molar-refractivity contribution in [2.24, 2.45) is 0 Å². The second-order valence-corrected chi connectivity index (χ2v) is 9.65.